The quantitative estimate of drug-likeness (QED) is 0.622. The molecule has 1 saturated heterocycles. The largest absolute Gasteiger partial charge is 0.343 e. The number of benzene rings is 1. The third-order valence-electron chi connectivity index (χ3n) is 6.30. The van der Waals surface area contributed by atoms with E-state index in [-0.39, 0.29) is 18.0 Å². The maximum atomic E-state index is 13.2. The van der Waals surface area contributed by atoms with E-state index in [0.717, 1.165) is 49.3 Å². The van der Waals surface area contributed by atoms with E-state index in [1.54, 1.807) is 24.0 Å². The molecule has 1 aliphatic rings. The summed E-state index contributed by atoms with van der Waals surface area (Å²) in [7, 11) is 0. The number of hydrogen-bond donors (Lipinski definition) is 1. The second-order valence-electron chi connectivity index (χ2n) is 8.57. The van der Waals surface area contributed by atoms with Crippen molar-refractivity contribution in [2.45, 2.75) is 52.6 Å². The van der Waals surface area contributed by atoms with Gasteiger partial charge in [0.25, 0.3) is 5.56 Å². The molecule has 8 nitrogen and oxygen atoms in total. The number of nitrogens with one attached hydrogen (secondary N) is 1. The van der Waals surface area contributed by atoms with Crippen LogP contribution in [0.2, 0.25) is 5.02 Å². The van der Waals surface area contributed by atoms with Gasteiger partial charge < -0.3 is 10.2 Å². The molecule has 3 heterocycles. The highest BCUT2D eigenvalue weighted by Crippen LogP contribution is 2.25. The van der Waals surface area contributed by atoms with Gasteiger partial charge in [-0.25, -0.2) is 4.98 Å². The van der Waals surface area contributed by atoms with E-state index in [4.69, 9.17) is 11.6 Å². The van der Waals surface area contributed by atoms with E-state index in [9.17, 15) is 14.4 Å². The van der Waals surface area contributed by atoms with Crippen molar-refractivity contribution in [3.8, 4) is 5.69 Å². The highest BCUT2D eigenvalue weighted by molar-refractivity contribution is 6.30. The van der Waals surface area contributed by atoms with Crippen LogP contribution in [0.4, 0.5) is 0 Å². The van der Waals surface area contributed by atoms with Crippen LogP contribution in [0.5, 0.6) is 0 Å². The summed E-state index contributed by atoms with van der Waals surface area (Å²) in [6.45, 7) is 6.72. The standard InChI is InChI=1S/C24H28ClN5O3/c1-15-17(3)30(19-9-7-18(25)8-10-19)22-21(15)24(33)29(14-26-22)13-20(31)27-16(2)23(32)28-11-5-4-6-12-28/h7-10,14,16H,4-6,11-13H2,1-3H3,(H,27,31)/t16-/m1/s1. The van der Waals surface area contributed by atoms with Gasteiger partial charge in [0.05, 0.1) is 5.39 Å². The Bertz CT molecular complexity index is 1260. The van der Waals surface area contributed by atoms with E-state index in [1.807, 2.05) is 30.5 Å². The summed E-state index contributed by atoms with van der Waals surface area (Å²) in [4.78, 5) is 44.7. The van der Waals surface area contributed by atoms with Crippen LogP contribution < -0.4 is 10.9 Å². The fourth-order valence-corrected chi connectivity index (χ4v) is 4.52. The summed E-state index contributed by atoms with van der Waals surface area (Å²) in [6, 6.07) is 6.67. The van der Waals surface area contributed by atoms with Crippen molar-refractivity contribution in [1.29, 1.82) is 0 Å². The molecule has 4 rings (SSSR count). The Morgan fingerprint density at radius 3 is 2.45 bits per heavy atom. The molecule has 1 fully saturated rings. The summed E-state index contributed by atoms with van der Waals surface area (Å²) in [6.07, 6.45) is 4.48. The van der Waals surface area contributed by atoms with Crippen LogP contribution in [0.3, 0.4) is 0 Å². The van der Waals surface area contributed by atoms with Crippen LogP contribution in [0.25, 0.3) is 16.7 Å². The fraction of sp³-hybridized carbons (Fsp3) is 0.417. The molecule has 0 aliphatic carbocycles. The van der Waals surface area contributed by atoms with E-state index in [1.165, 1.54) is 10.9 Å². The lowest BCUT2D eigenvalue weighted by molar-refractivity contribution is -0.136. The van der Waals surface area contributed by atoms with Gasteiger partial charge in [0.15, 0.2) is 5.65 Å². The average molecular weight is 470 g/mol. The van der Waals surface area contributed by atoms with Crippen LogP contribution >= 0.6 is 11.6 Å². The molecule has 0 unspecified atom stereocenters. The van der Waals surface area contributed by atoms with Crippen molar-refractivity contribution in [1.82, 2.24) is 24.3 Å². The Balaban J connectivity index is 1.56. The van der Waals surface area contributed by atoms with Gasteiger partial charge in [-0.2, -0.15) is 0 Å². The zero-order valence-corrected chi connectivity index (χ0v) is 19.9. The second kappa shape index (κ2) is 9.39. The molecule has 0 spiro atoms. The summed E-state index contributed by atoms with van der Waals surface area (Å²) >= 11 is 6.02. The maximum absolute atomic E-state index is 13.2. The molecule has 0 radical (unpaired) electrons. The zero-order chi connectivity index (χ0) is 23.7. The lowest BCUT2D eigenvalue weighted by atomic mass is 10.1. The van der Waals surface area contributed by atoms with Crippen LogP contribution in [0, 0.1) is 13.8 Å². The summed E-state index contributed by atoms with van der Waals surface area (Å²) in [5, 5.41) is 3.82. The van der Waals surface area contributed by atoms with Crippen LogP contribution in [-0.2, 0) is 16.1 Å². The Kier molecular flexibility index (Phi) is 6.56. The van der Waals surface area contributed by atoms with E-state index in [0.29, 0.717) is 16.1 Å². The van der Waals surface area contributed by atoms with Gasteiger partial charge in [0.1, 0.15) is 18.9 Å². The van der Waals surface area contributed by atoms with Crippen molar-refractivity contribution in [2.24, 2.45) is 0 Å². The van der Waals surface area contributed by atoms with Crippen molar-refractivity contribution < 1.29 is 9.59 Å². The van der Waals surface area contributed by atoms with Crippen LogP contribution in [0.15, 0.2) is 35.4 Å². The van der Waals surface area contributed by atoms with E-state index >= 15 is 0 Å². The van der Waals surface area contributed by atoms with Crippen LogP contribution in [0.1, 0.15) is 37.4 Å². The molecule has 0 bridgehead atoms. The third kappa shape index (κ3) is 4.53. The molecule has 1 N–H and O–H groups in total. The Labute approximate surface area is 197 Å². The van der Waals surface area contributed by atoms with Crippen molar-refractivity contribution in [3.05, 3.63) is 57.2 Å². The number of piperidine rings is 1. The minimum atomic E-state index is -0.641. The first-order chi connectivity index (χ1) is 15.8. The number of amides is 2. The summed E-state index contributed by atoms with van der Waals surface area (Å²) < 4.78 is 3.20. The first-order valence-electron chi connectivity index (χ1n) is 11.2. The van der Waals surface area contributed by atoms with Crippen molar-refractivity contribution in [2.75, 3.05) is 13.1 Å². The first-order valence-corrected chi connectivity index (χ1v) is 11.6. The molecule has 2 amide bonds. The van der Waals surface area contributed by atoms with Crippen molar-refractivity contribution >= 4 is 34.4 Å². The van der Waals surface area contributed by atoms with Gasteiger partial charge in [-0.1, -0.05) is 11.6 Å². The molecule has 33 heavy (non-hydrogen) atoms. The normalized spacial score (nSPS) is 15.0. The highest BCUT2D eigenvalue weighted by atomic mass is 35.5. The number of rotatable bonds is 5. The number of fused-ring (bicyclic) bond motifs is 1. The predicted molar refractivity (Wildman–Crippen MR) is 128 cm³/mol. The number of nitrogens with zero attached hydrogens (tertiary/aromatic N) is 4. The first kappa shape index (κ1) is 23.0. The van der Waals surface area contributed by atoms with Gasteiger partial charge in [-0.15, -0.1) is 0 Å². The SMILES string of the molecule is Cc1c(C)n(-c2ccc(Cl)cc2)c2ncn(CC(=O)N[C@H](C)C(=O)N3CCCCC3)c(=O)c12. The summed E-state index contributed by atoms with van der Waals surface area (Å²) in [5.74, 6) is -0.488. The number of carbonyl (C=O) groups is 2. The summed E-state index contributed by atoms with van der Waals surface area (Å²) in [5.41, 5.74) is 2.78. The average Bonchev–Trinajstić information content (AvgIpc) is 3.07. The Morgan fingerprint density at radius 1 is 1.12 bits per heavy atom. The molecule has 3 aromatic rings. The van der Waals surface area contributed by atoms with Crippen LogP contribution in [-0.4, -0.2) is 50.0 Å². The second-order valence-corrected chi connectivity index (χ2v) is 9.01. The van der Waals surface area contributed by atoms with Gasteiger partial charge in [0.2, 0.25) is 11.8 Å². The number of aromatic nitrogens is 3. The third-order valence-corrected chi connectivity index (χ3v) is 6.55. The molecule has 1 aliphatic heterocycles. The molecule has 0 saturated carbocycles. The Morgan fingerprint density at radius 2 is 1.79 bits per heavy atom. The van der Waals surface area contributed by atoms with Gasteiger partial charge in [0, 0.05) is 29.5 Å². The molecule has 2 aromatic heterocycles. The minimum absolute atomic E-state index is 0.0875. The molecule has 174 valence electrons. The molecule has 1 aromatic carbocycles. The van der Waals surface area contributed by atoms with E-state index in [2.05, 4.69) is 10.3 Å². The van der Waals surface area contributed by atoms with Gasteiger partial charge >= 0.3 is 0 Å². The lowest BCUT2D eigenvalue weighted by Gasteiger charge is -2.29. The predicted octanol–water partition coefficient (Wildman–Crippen LogP) is 2.97. The van der Waals surface area contributed by atoms with E-state index < -0.39 is 11.9 Å². The molecule has 9 heteroatoms. The lowest BCUT2D eigenvalue weighted by Crippen LogP contribution is -2.49. The molecule has 1 atom stereocenters. The zero-order valence-electron chi connectivity index (χ0n) is 19.1. The highest BCUT2D eigenvalue weighted by Gasteiger charge is 2.24. The number of likely N-dealkylation sites (tertiary alicyclic amines) is 1. The van der Waals surface area contributed by atoms with Gasteiger partial charge in [-0.05, 0) is 69.9 Å². The number of hydrogen-bond acceptors (Lipinski definition) is 4. The molecular weight excluding hydrogens is 442 g/mol. The maximum Gasteiger partial charge on any atom is 0.263 e. The number of carbonyl (C=O) groups excluding carboxylic acids is 2. The number of halogens is 1. The minimum Gasteiger partial charge on any atom is -0.343 e. The fourth-order valence-electron chi connectivity index (χ4n) is 4.40. The molecular formula is C24H28ClN5O3. The topological polar surface area (TPSA) is 89.2 Å². The van der Waals surface area contributed by atoms with Crippen molar-refractivity contribution in [3.63, 3.8) is 0 Å². The number of aryl methyl sites for hydroxylation is 1. The smallest absolute Gasteiger partial charge is 0.263 e. The van der Waals surface area contributed by atoms with Gasteiger partial charge in [-0.3, -0.25) is 23.5 Å². The Hall–Kier alpha value is -3.13. The monoisotopic (exact) mass is 469 g/mol.